The molecule has 1 fully saturated rings. The van der Waals surface area contributed by atoms with E-state index in [1.807, 2.05) is 0 Å². The fourth-order valence-corrected chi connectivity index (χ4v) is 5.02. The van der Waals surface area contributed by atoms with Crippen LogP contribution in [0.3, 0.4) is 0 Å². The number of benzene rings is 2. The van der Waals surface area contributed by atoms with Crippen molar-refractivity contribution in [3.05, 3.63) is 48.2 Å². The second kappa shape index (κ2) is 7.59. The number of halogens is 3. The zero-order valence-corrected chi connectivity index (χ0v) is 16.9. The van der Waals surface area contributed by atoms with Crippen molar-refractivity contribution in [1.82, 2.24) is 15.1 Å². The van der Waals surface area contributed by atoms with E-state index in [-0.39, 0.29) is 15.7 Å². The Morgan fingerprint density at radius 2 is 1.70 bits per heavy atom. The molecule has 0 saturated carbocycles. The van der Waals surface area contributed by atoms with Crippen molar-refractivity contribution in [2.75, 3.05) is 20.1 Å². The molecule has 2 aromatic carbocycles. The number of alkyl halides is 3. The number of aromatic nitrogens is 2. The van der Waals surface area contributed by atoms with Crippen LogP contribution in [-0.2, 0) is 9.84 Å². The van der Waals surface area contributed by atoms with Gasteiger partial charge < -0.3 is 9.64 Å². The molecule has 0 bridgehead atoms. The molecule has 3 aromatic rings. The van der Waals surface area contributed by atoms with E-state index in [2.05, 4.69) is 26.9 Å². The summed E-state index contributed by atoms with van der Waals surface area (Å²) in [6.45, 7) is 1.90. The highest BCUT2D eigenvalue weighted by atomic mass is 32.2. The van der Waals surface area contributed by atoms with Crippen molar-refractivity contribution in [3.8, 4) is 5.75 Å². The Labute approximate surface area is 171 Å². The van der Waals surface area contributed by atoms with E-state index < -0.39 is 21.9 Å². The number of aromatic amines is 1. The molecular formula is C20H20F3N3O3S. The highest BCUT2D eigenvalue weighted by Crippen LogP contribution is 2.33. The number of likely N-dealkylation sites (tertiary alicyclic amines) is 1. The Balaban J connectivity index is 1.66. The predicted octanol–water partition coefficient (Wildman–Crippen LogP) is 4.10. The zero-order valence-electron chi connectivity index (χ0n) is 16.1. The predicted molar refractivity (Wildman–Crippen MR) is 104 cm³/mol. The third-order valence-corrected chi connectivity index (χ3v) is 7.11. The standard InChI is InChI=1S/C20H20F3N3O3S/c1-26-10-8-13(9-11-26)19-17-12-16(6-7-18(17)24-25-19)30(27,28)15-4-2-14(3-5-15)29-20(21,22)23/h2-7,12-13H,8-11H2,1H3,(H,24,25). The molecule has 0 spiro atoms. The number of piperidine rings is 1. The Hall–Kier alpha value is -2.59. The highest BCUT2D eigenvalue weighted by molar-refractivity contribution is 7.91. The first-order valence-corrected chi connectivity index (χ1v) is 10.9. The number of nitrogens with zero attached hydrogens (tertiary/aromatic N) is 2. The van der Waals surface area contributed by atoms with E-state index in [0.29, 0.717) is 0 Å². The maximum Gasteiger partial charge on any atom is 0.573 e. The summed E-state index contributed by atoms with van der Waals surface area (Å²) >= 11 is 0. The Kier molecular flexibility index (Phi) is 5.23. The largest absolute Gasteiger partial charge is 0.573 e. The maximum absolute atomic E-state index is 13.0. The highest BCUT2D eigenvalue weighted by Gasteiger charge is 2.31. The normalized spacial score (nSPS) is 16.8. The minimum atomic E-state index is -4.84. The van der Waals surface area contributed by atoms with Gasteiger partial charge in [0, 0.05) is 11.3 Å². The van der Waals surface area contributed by atoms with Crippen LogP contribution in [0.15, 0.2) is 52.3 Å². The molecule has 0 amide bonds. The zero-order chi connectivity index (χ0) is 21.5. The Morgan fingerprint density at radius 3 is 2.33 bits per heavy atom. The number of rotatable bonds is 4. The van der Waals surface area contributed by atoms with E-state index in [9.17, 15) is 21.6 Å². The van der Waals surface area contributed by atoms with Crippen LogP contribution >= 0.6 is 0 Å². The van der Waals surface area contributed by atoms with Crippen molar-refractivity contribution in [2.24, 2.45) is 0 Å². The Bertz CT molecular complexity index is 1150. The molecule has 1 aliphatic rings. The van der Waals surface area contributed by atoms with Gasteiger partial charge in [0.1, 0.15) is 5.75 Å². The van der Waals surface area contributed by atoms with Crippen LogP contribution in [0.2, 0.25) is 0 Å². The number of ether oxygens (including phenoxy) is 1. The number of sulfone groups is 1. The number of hydrogen-bond donors (Lipinski definition) is 1. The first kappa shape index (κ1) is 20.7. The van der Waals surface area contributed by atoms with Crippen LogP contribution in [0, 0.1) is 0 Å². The number of nitrogens with one attached hydrogen (secondary N) is 1. The average Bonchev–Trinajstić information content (AvgIpc) is 3.11. The van der Waals surface area contributed by atoms with Gasteiger partial charge in [-0.05, 0) is 75.4 Å². The van der Waals surface area contributed by atoms with Crippen LogP contribution in [-0.4, -0.2) is 50.0 Å². The molecule has 1 aromatic heterocycles. The summed E-state index contributed by atoms with van der Waals surface area (Å²) in [6.07, 6.45) is -2.96. The fourth-order valence-electron chi connectivity index (χ4n) is 3.73. The van der Waals surface area contributed by atoms with Gasteiger partial charge in [0.25, 0.3) is 0 Å². The molecular weight excluding hydrogens is 419 g/mol. The molecule has 0 atom stereocenters. The molecule has 6 nitrogen and oxygen atoms in total. The van der Waals surface area contributed by atoms with Crippen LogP contribution in [0.5, 0.6) is 5.75 Å². The first-order valence-electron chi connectivity index (χ1n) is 9.41. The molecule has 4 rings (SSSR count). The van der Waals surface area contributed by atoms with Gasteiger partial charge in [-0.2, -0.15) is 5.10 Å². The smallest absolute Gasteiger partial charge is 0.406 e. The van der Waals surface area contributed by atoms with Gasteiger partial charge in [-0.3, -0.25) is 5.10 Å². The van der Waals surface area contributed by atoms with Crippen molar-refractivity contribution >= 4 is 20.7 Å². The van der Waals surface area contributed by atoms with Crippen molar-refractivity contribution in [1.29, 1.82) is 0 Å². The van der Waals surface area contributed by atoms with Gasteiger partial charge in [0.05, 0.1) is 21.0 Å². The topological polar surface area (TPSA) is 75.3 Å². The maximum atomic E-state index is 13.0. The summed E-state index contributed by atoms with van der Waals surface area (Å²) in [6, 6.07) is 8.90. The average molecular weight is 439 g/mol. The lowest BCUT2D eigenvalue weighted by atomic mass is 9.92. The van der Waals surface area contributed by atoms with E-state index in [1.165, 1.54) is 6.07 Å². The lowest BCUT2D eigenvalue weighted by Gasteiger charge is -2.28. The van der Waals surface area contributed by atoms with Crippen molar-refractivity contribution < 1.29 is 26.3 Å². The Morgan fingerprint density at radius 1 is 1.07 bits per heavy atom. The second-order valence-electron chi connectivity index (χ2n) is 7.42. The molecule has 10 heteroatoms. The van der Waals surface area contributed by atoms with E-state index in [0.717, 1.165) is 66.8 Å². The van der Waals surface area contributed by atoms with Gasteiger partial charge in [0.2, 0.25) is 9.84 Å². The molecule has 30 heavy (non-hydrogen) atoms. The fraction of sp³-hybridized carbons (Fsp3) is 0.350. The molecule has 1 N–H and O–H groups in total. The molecule has 0 unspecified atom stereocenters. The number of hydrogen-bond acceptors (Lipinski definition) is 5. The lowest BCUT2D eigenvalue weighted by molar-refractivity contribution is -0.274. The van der Waals surface area contributed by atoms with Crippen LogP contribution < -0.4 is 4.74 Å². The summed E-state index contributed by atoms with van der Waals surface area (Å²) in [7, 11) is -1.85. The van der Waals surface area contributed by atoms with Crippen LogP contribution in [0.1, 0.15) is 24.5 Å². The number of fused-ring (bicyclic) bond motifs is 1. The van der Waals surface area contributed by atoms with Crippen molar-refractivity contribution in [2.45, 2.75) is 34.9 Å². The van der Waals surface area contributed by atoms with Gasteiger partial charge in [-0.15, -0.1) is 13.2 Å². The van der Waals surface area contributed by atoms with E-state index in [4.69, 9.17) is 0 Å². The third kappa shape index (κ3) is 4.15. The summed E-state index contributed by atoms with van der Waals surface area (Å²) < 4.78 is 66.8. The quantitative estimate of drug-likeness (QED) is 0.662. The summed E-state index contributed by atoms with van der Waals surface area (Å²) in [5.41, 5.74) is 1.60. The molecule has 0 aliphatic carbocycles. The first-order chi connectivity index (χ1) is 14.1. The van der Waals surface area contributed by atoms with E-state index >= 15 is 0 Å². The van der Waals surface area contributed by atoms with Gasteiger partial charge in [-0.25, -0.2) is 8.42 Å². The molecule has 2 heterocycles. The summed E-state index contributed by atoms with van der Waals surface area (Å²) in [5.74, 6) is -0.233. The van der Waals surface area contributed by atoms with E-state index in [1.54, 1.807) is 12.1 Å². The monoisotopic (exact) mass is 439 g/mol. The lowest BCUT2D eigenvalue weighted by Crippen LogP contribution is -2.29. The van der Waals surface area contributed by atoms with Gasteiger partial charge in [0.15, 0.2) is 0 Å². The summed E-state index contributed by atoms with van der Waals surface area (Å²) in [4.78, 5) is 2.20. The van der Waals surface area contributed by atoms with Crippen LogP contribution in [0.4, 0.5) is 13.2 Å². The molecule has 1 aliphatic heterocycles. The van der Waals surface area contributed by atoms with Crippen molar-refractivity contribution in [3.63, 3.8) is 0 Å². The molecule has 1 saturated heterocycles. The minimum Gasteiger partial charge on any atom is -0.406 e. The minimum absolute atomic E-state index is 0.0649. The number of H-pyrrole nitrogens is 1. The SMILES string of the molecule is CN1CCC(c2n[nH]c3ccc(S(=O)(=O)c4ccc(OC(F)(F)F)cc4)cc23)CC1. The summed E-state index contributed by atoms with van der Waals surface area (Å²) in [5, 5.41) is 8.14. The second-order valence-corrected chi connectivity index (χ2v) is 9.37. The molecule has 0 radical (unpaired) electrons. The van der Waals surface area contributed by atoms with Crippen LogP contribution in [0.25, 0.3) is 10.9 Å². The van der Waals surface area contributed by atoms with Gasteiger partial charge in [-0.1, -0.05) is 0 Å². The third-order valence-electron chi connectivity index (χ3n) is 5.35. The van der Waals surface area contributed by atoms with Gasteiger partial charge >= 0.3 is 6.36 Å². The molecule has 160 valence electrons.